The highest BCUT2D eigenvalue weighted by molar-refractivity contribution is 4.83. The molecule has 0 amide bonds. The normalized spacial score (nSPS) is 12.4. The molecule has 0 saturated carbocycles. The maximum absolute atomic E-state index is 5.54. The van der Waals surface area contributed by atoms with Gasteiger partial charge in [0.25, 0.3) is 0 Å². The Balaban J connectivity index is 3.99. The average molecular weight is 245 g/mol. The maximum Gasteiger partial charge on any atom is 0.158 e. The predicted molar refractivity (Wildman–Crippen MR) is 73.3 cm³/mol. The average Bonchev–Trinajstić information content (AvgIpc) is 2.36. The molecule has 0 aliphatic carbocycles. The summed E-state index contributed by atoms with van der Waals surface area (Å²) in [5, 5.41) is 3.67. The van der Waals surface area contributed by atoms with Crippen molar-refractivity contribution in [1.82, 2.24) is 5.32 Å². The van der Waals surface area contributed by atoms with Crippen LogP contribution in [0.3, 0.4) is 0 Å². The van der Waals surface area contributed by atoms with E-state index in [1.807, 2.05) is 13.8 Å². The van der Waals surface area contributed by atoms with Gasteiger partial charge in [-0.2, -0.15) is 0 Å². The topological polar surface area (TPSA) is 30.5 Å². The zero-order chi connectivity index (χ0) is 13.1. The summed E-state index contributed by atoms with van der Waals surface area (Å²) in [7, 11) is 0. The minimum Gasteiger partial charge on any atom is -0.353 e. The minimum absolute atomic E-state index is 0.0548. The number of nitrogens with one attached hydrogen (secondary N) is 1. The molecule has 3 heteroatoms. The van der Waals surface area contributed by atoms with E-state index in [-0.39, 0.29) is 6.29 Å². The Labute approximate surface area is 107 Å². The maximum atomic E-state index is 5.54. The Morgan fingerprint density at radius 3 is 1.71 bits per heavy atom. The van der Waals surface area contributed by atoms with Gasteiger partial charge in [-0.25, -0.2) is 0 Å². The van der Waals surface area contributed by atoms with Crippen molar-refractivity contribution in [3.8, 4) is 0 Å². The lowest BCUT2D eigenvalue weighted by atomic mass is 9.90. The van der Waals surface area contributed by atoms with Gasteiger partial charge in [0, 0.05) is 31.7 Å². The number of hydrogen-bond acceptors (Lipinski definition) is 3. The highest BCUT2D eigenvalue weighted by Crippen LogP contribution is 2.19. The van der Waals surface area contributed by atoms with Gasteiger partial charge in [-0.15, -0.1) is 0 Å². The van der Waals surface area contributed by atoms with Crippen LogP contribution in [-0.4, -0.2) is 31.6 Å². The van der Waals surface area contributed by atoms with Crippen LogP contribution in [0, 0.1) is 0 Å². The first-order chi connectivity index (χ1) is 8.17. The second-order valence-electron chi connectivity index (χ2n) is 4.40. The standard InChI is InChI=1S/C14H31NO2/c1-6-14(7-2,8-3)15-12-11-13(16-9-4)17-10-5/h13,15H,6-12H2,1-5H3. The fourth-order valence-corrected chi connectivity index (χ4v) is 2.17. The third kappa shape index (κ3) is 6.39. The van der Waals surface area contributed by atoms with Crippen LogP contribution in [0.5, 0.6) is 0 Å². The summed E-state index contributed by atoms with van der Waals surface area (Å²) >= 11 is 0. The second kappa shape index (κ2) is 9.86. The Bertz CT molecular complexity index is 155. The van der Waals surface area contributed by atoms with Gasteiger partial charge < -0.3 is 14.8 Å². The van der Waals surface area contributed by atoms with Crippen molar-refractivity contribution in [2.24, 2.45) is 0 Å². The molecule has 17 heavy (non-hydrogen) atoms. The van der Waals surface area contributed by atoms with Crippen molar-refractivity contribution in [3.63, 3.8) is 0 Å². The molecule has 0 heterocycles. The Morgan fingerprint density at radius 2 is 1.35 bits per heavy atom. The van der Waals surface area contributed by atoms with E-state index < -0.39 is 0 Å². The molecule has 0 aliphatic rings. The monoisotopic (exact) mass is 245 g/mol. The third-order valence-electron chi connectivity index (χ3n) is 3.62. The van der Waals surface area contributed by atoms with E-state index >= 15 is 0 Å². The number of hydrogen-bond donors (Lipinski definition) is 1. The molecular formula is C14H31NO2. The zero-order valence-electron chi connectivity index (χ0n) is 12.3. The summed E-state index contributed by atoms with van der Waals surface area (Å²) in [5.74, 6) is 0. The van der Waals surface area contributed by atoms with Crippen LogP contribution >= 0.6 is 0 Å². The summed E-state index contributed by atoms with van der Waals surface area (Å²) in [6.45, 7) is 13.2. The van der Waals surface area contributed by atoms with Crippen LogP contribution in [0.25, 0.3) is 0 Å². The summed E-state index contributed by atoms with van der Waals surface area (Å²) in [5.41, 5.74) is 0.295. The van der Waals surface area contributed by atoms with Crippen LogP contribution in [-0.2, 0) is 9.47 Å². The van der Waals surface area contributed by atoms with Crippen molar-refractivity contribution in [1.29, 1.82) is 0 Å². The van der Waals surface area contributed by atoms with Gasteiger partial charge in [-0.3, -0.25) is 0 Å². The number of ether oxygens (including phenoxy) is 2. The van der Waals surface area contributed by atoms with Crippen LogP contribution in [0.4, 0.5) is 0 Å². The third-order valence-corrected chi connectivity index (χ3v) is 3.62. The molecule has 1 N–H and O–H groups in total. The molecule has 0 saturated heterocycles. The molecule has 0 aromatic heterocycles. The molecule has 0 fully saturated rings. The smallest absolute Gasteiger partial charge is 0.158 e. The van der Waals surface area contributed by atoms with Gasteiger partial charge in [-0.05, 0) is 33.1 Å². The van der Waals surface area contributed by atoms with E-state index in [1.54, 1.807) is 0 Å². The molecule has 0 radical (unpaired) electrons. The van der Waals surface area contributed by atoms with Gasteiger partial charge in [0.1, 0.15) is 0 Å². The molecule has 0 aromatic carbocycles. The van der Waals surface area contributed by atoms with Gasteiger partial charge in [-0.1, -0.05) is 20.8 Å². The Kier molecular flexibility index (Phi) is 9.79. The molecule has 0 aromatic rings. The van der Waals surface area contributed by atoms with E-state index in [1.165, 1.54) is 19.3 Å². The summed E-state index contributed by atoms with van der Waals surface area (Å²) in [6, 6.07) is 0. The molecule has 0 unspecified atom stereocenters. The van der Waals surface area contributed by atoms with E-state index in [9.17, 15) is 0 Å². The van der Waals surface area contributed by atoms with Crippen LogP contribution in [0.1, 0.15) is 60.3 Å². The molecule has 0 atom stereocenters. The fourth-order valence-electron chi connectivity index (χ4n) is 2.17. The van der Waals surface area contributed by atoms with Crippen molar-refractivity contribution in [2.45, 2.75) is 72.1 Å². The highest BCUT2D eigenvalue weighted by atomic mass is 16.7. The first-order valence-electron chi connectivity index (χ1n) is 7.16. The van der Waals surface area contributed by atoms with E-state index in [0.717, 1.165) is 13.0 Å². The SMILES string of the molecule is CCOC(CCNC(CC)(CC)CC)OCC. The molecule has 104 valence electrons. The van der Waals surface area contributed by atoms with Gasteiger partial charge >= 0.3 is 0 Å². The zero-order valence-corrected chi connectivity index (χ0v) is 12.3. The predicted octanol–water partition coefficient (Wildman–Crippen LogP) is 3.33. The molecular weight excluding hydrogens is 214 g/mol. The van der Waals surface area contributed by atoms with Crippen molar-refractivity contribution < 1.29 is 9.47 Å². The van der Waals surface area contributed by atoms with Crippen molar-refractivity contribution >= 4 is 0 Å². The van der Waals surface area contributed by atoms with E-state index in [4.69, 9.17) is 9.47 Å². The van der Waals surface area contributed by atoms with E-state index in [2.05, 4.69) is 26.1 Å². The summed E-state index contributed by atoms with van der Waals surface area (Å²) < 4.78 is 11.1. The largest absolute Gasteiger partial charge is 0.353 e. The first kappa shape index (κ1) is 16.9. The summed E-state index contributed by atoms with van der Waals surface area (Å²) in [4.78, 5) is 0. The minimum atomic E-state index is -0.0548. The van der Waals surface area contributed by atoms with E-state index in [0.29, 0.717) is 18.8 Å². The fraction of sp³-hybridized carbons (Fsp3) is 1.00. The first-order valence-corrected chi connectivity index (χ1v) is 7.16. The van der Waals surface area contributed by atoms with Crippen LogP contribution < -0.4 is 5.32 Å². The number of rotatable bonds is 11. The lowest BCUT2D eigenvalue weighted by Gasteiger charge is -2.32. The molecule has 0 rings (SSSR count). The van der Waals surface area contributed by atoms with Gasteiger partial charge in [0.15, 0.2) is 6.29 Å². The van der Waals surface area contributed by atoms with Crippen LogP contribution in [0.2, 0.25) is 0 Å². The highest BCUT2D eigenvalue weighted by Gasteiger charge is 2.22. The van der Waals surface area contributed by atoms with Gasteiger partial charge in [0.05, 0.1) is 0 Å². The van der Waals surface area contributed by atoms with Gasteiger partial charge in [0.2, 0.25) is 0 Å². The lowest BCUT2D eigenvalue weighted by Crippen LogP contribution is -2.45. The Hall–Kier alpha value is -0.120. The second-order valence-corrected chi connectivity index (χ2v) is 4.40. The summed E-state index contributed by atoms with van der Waals surface area (Å²) in [6.07, 6.45) is 4.39. The van der Waals surface area contributed by atoms with Crippen molar-refractivity contribution in [3.05, 3.63) is 0 Å². The van der Waals surface area contributed by atoms with Crippen LogP contribution in [0.15, 0.2) is 0 Å². The van der Waals surface area contributed by atoms with Crippen molar-refractivity contribution in [2.75, 3.05) is 19.8 Å². The lowest BCUT2D eigenvalue weighted by molar-refractivity contribution is -0.139. The molecule has 0 bridgehead atoms. The molecule has 0 aliphatic heterocycles. The quantitative estimate of drug-likeness (QED) is 0.566. The molecule has 0 spiro atoms. The Morgan fingerprint density at radius 1 is 0.882 bits per heavy atom. The molecule has 3 nitrogen and oxygen atoms in total.